The number of anilines is 1. The molecule has 2 N–H and O–H groups in total. The standard InChI is InChI=1S/C13H10ClFN4O2S/c14-8-2-1-7(5-9(8)15)10(20)6-17-12-18-19-11(21)3-4-16-13(19)22-12/h1-5,10,20H,6H2,(H,17,18). The van der Waals surface area contributed by atoms with Crippen molar-refractivity contribution in [2.45, 2.75) is 6.10 Å². The van der Waals surface area contributed by atoms with Gasteiger partial charge >= 0.3 is 0 Å². The van der Waals surface area contributed by atoms with Gasteiger partial charge in [0.15, 0.2) is 0 Å². The Morgan fingerprint density at radius 2 is 2.27 bits per heavy atom. The molecule has 1 aromatic carbocycles. The normalized spacial score (nSPS) is 12.5. The van der Waals surface area contributed by atoms with Gasteiger partial charge in [-0.15, -0.1) is 5.10 Å². The van der Waals surface area contributed by atoms with Gasteiger partial charge in [0.2, 0.25) is 10.1 Å². The highest BCUT2D eigenvalue weighted by atomic mass is 35.5. The molecule has 0 fully saturated rings. The average Bonchev–Trinajstić information content (AvgIpc) is 2.92. The third-order valence-corrected chi connectivity index (χ3v) is 4.13. The summed E-state index contributed by atoms with van der Waals surface area (Å²) in [5.74, 6) is -0.589. The molecule has 0 radical (unpaired) electrons. The molecule has 0 aliphatic carbocycles. The van der Waals surface area contributed by atoms with Crippen molar-refractivity contribution in [2.75, 3.05) is 11.9 Å². The fraction of sp³-hybridized carbons (Fsp3) is 0.154. The first kappa shape index (κ1) is 14.9. The number of nitrogens with one attached hydrogen (secondary N) is 1. The fourth-order valence-electron chi connectivity index (χ4n) is 1.84. The van der Waals surface area contributed by atoms with Crippen molar-refractivity contribution in [3.63, 3.8) is 0 Å². The van der Waals surface area contributed by atoms with Crippen molar-refractivity contribution in [3.05, 3.63) is 57.2 Å². The number of aromatic nitrogens is 3. The molecule has 0 aliphatic heterocycles. The van der Waals surface area contributed by atoms with Crippen LogP contribution in [0.5, 0.6) is 0 Å². The summed E-state index contributed by atoms with van der Waals surface area (Å²) < 4.78 is 14.5. The number of aliphatic hydroxyl groups is 1. The third kappa shape index (κ3) is 2.94. The molecule has 3 aromatic rings. The largest absolute Gasteiger partial charge is 0.387 e. The Kier molecular flexibility index (Phi) is 4.06. The highest BCUT2D eigenvalue weighted by Crippen LogP contribution is 2.22. The van der Waals surface area contributed by atoms with Gasteiger partial charge in [-0.25, -0.2) is 9.37 Å². The maximum absolute atomic E-state index is 13.4. The highest BCUT2D eigenvalue weighted by molar-refractivity contribution is 7.20. The van der Waals surface area contributed by atoms with E-state index in [4.69, 9.17) is 11.6 Å². The Balaban J connectivity index is 1.74. The lowest BCUT2D eigenvalue weighted by atomic mass is 10.1. The fourth-order valence-corrected chi connectivity index (χ4v) is 2.74. The van der Waals surface area contributed by atoms with Gasteiger partial charge in [0.05, 0.1) is 11.1 Å². The topological polar surface area (TPSA) is 79.5 Å². The Morgan fingerprint density at radius 3 is 3.00 bits per heavy atom. The molecular formula is C13H10ClFN4O2S. The molecule has 0 saturated heterocycles. The molecule has 6 nitrogen and oxygen atoms in total. The molecule has 0 saturated carbocycles. The number of nitrogens with zero attached hydrogens (tertiary/aromatic N) is 3. The van der Waals surface area contributed by atoms with Gasteiger partial charge < -0.3 is 10.4 Å². The van der Waals surface area contributed by atoms with Crippen molar-refractivity contribution in [3.8, 4) is 0 Å². The molecule has 114 valence electrons. The summed E-state index contributed by atoms with van der Waals surface area (Å²) in [6.07, 6.45) is 0.466. The van der Waals surface area contributed by atoms with Crippen LogP contribution in [0, 0.1) is 5.82 Å². The molecule has 2 aromatic heterocycles. The number of hydrogen-bond acceptors (Lipinski definition) is 6. The minimum atomic E-state index is -0.941. The SMILES string of the molecule is O=c1ccnc2sc(NCC(O)c3ccc(Cl)c(F)c3)nn12. The van der Waals surface area contributed by atoms with Crippen LogP contribution >= 0.6 is 22.9 Å². The molecule has 2 heterocycles. The van der Waals surface area contributed by atoms with Crippen LogP contribution in [0.3, 0.4) is 0 Å². The summed E-state index contributed by atoms with van der Waals surface area (Å²) in [6, 6.07) is 5.42. The first-order valence-corrected chi connectivity index (χ1v) is 7.46. The second-order valence-corrected chi connectivity index (χ2v) is 5.82. The summed E-state index contributed by atoms with van der Waals surface area (Å²) in [4.78, 5) is 16.0. The molecular weight excluding hydrogens is 331 g/mol. The van der Waals surface area contributed by atoms with Gasteiger partial charge in [-0.3, -0.25) is 4.79 Å². The van der Waals surface area contributed by atoms with Crippen LogP contribution < -0.4 is 10.9 Å². The zero-order chi connectivity index (χ0) is 15.7. The van der Waals surface area contributed by atoms with Crippen LogP contribution in [0.4, 0.5) is 9.52 Å². The summed E-state index contributed by atoms with van der Waals surface area (Å²) >= 11 is 6.78. The molecule has 0 bridgehead atoms. The first-order valence-electron chi connectivity index (χ1n) is 6.26. The van der Waals surface area contributed by atoms with E-state index >= 15 is 0 Å². The van der Waals surface area contributed by atoms with Gasteiger partial charge in [-0.2, -0.15) is 4.52 Å². The van der Waals surface area contributed by atoms with Crippen molar-refractivity contribution in [1.29, 1.82) is 0 Å². The average molecular weight is 341 g/mol. The Labute approximate surface area is 132 Å². The molecule has 0 amide bonds. The van der Waals surface area contributed by atoms with E-state index in [1.165, 1.54) is 40.2 Å². The van der Waals surface area contributed by atoms with Gasteiger partial charge in [-0.05, 0) is 17.7 Å². The minimum absolute atomic E-state index is 0.000492. The van der Waals surface area contributed by atoms with Crippen LogP contribution in [0.15, 0.2) is 35.3 Å². The van der Waals surface area contributed by atoms with Crippen LogP contribution in [-0.4, -0.2) is 26.2 Å². The van der Waals surface area contributed by atoms with Crippen molar-refractivity contribution in [2.24, 2.45) is 0 Å². The number of halogens is 2. The lowest BCUT2D eigenvalue weighted by molar-refractivity contribution is 0.191. The molecule has 1 atom stereocenters. The van der Waals surface area contributed by atoms with E-state index in [1.807, 2.05) is 0 Å². The van der Waals surface area contributed by atoms with Gasteiger partial charge in [-0.1, -0.05) is 29.0 Å². The third-order valence-electron chi connectivity index (χ3n) is 2.95. The van der Waals surface area contributed by atoms with Crippen LogP contribution in [0.25, 0.3) is 4.96 Å². The molecule has 1 unspecified atom stereocenters. The van der Waals surface area contributed by atoms with E-state index in [2.05, 4.69) is 15.4 Å². The second kappa shape index (κ2) is 5.99. The molecule has 22 heavy (non-hydrogen) atoms. The molecule has 0 aliphatic rings. The van der Waals surface area contributed by atoms with Crippen molar-refractivity contribution < 1.29 is 9.50 Å². The zero-order valence-corrected chi connectivity index (χ0v) is 12.6. The Morgan fingerprint density at radius 1 is 1.45 bits per heavy atom. The van der Waals surface area contributed by atoms with E-state index in [-0.39, 0.29) is 17.1 Å². The Hall–Kier alpha value is -2.03. The van der Waals surface area contributed by atoms with Crippen molar-refractivity contribution in [1.82, 2.24) is 14.6 Å². The van der Waals surface area contributed by atoms with E-state index in [9.17, 15) is 14.3 Å². The van der Waals surface area contributed by atoms with E-state index < -0.39 is 11.9 Å². The predicted octanol–water partition coefficient (Wildman–Crippen LogP) is 2.09. The quantitative estimate of drug-likeness (QED) is 0.760. The van der Waals surface area contributed by atoms with Crippen LogP contribution in [-0.2, 0) is 0 Å². The minimum Gasteiger partial charge on any atom is -0.387 e. The van der Waals surface area contributed by atoms with Crippen LogP contribution in [0.1, 0.15) is 11.7 Å². The highest BCUT2D eigenvalue weighted by Gasteiger charge is 2.12. The van der Waals surface area contributed by atoms with Gasteiger partial charge in [0, 0.05) is 18.8 Å². The monoisotopic (exact) mass is 340 g/mol. The first-order chi connectivity index (χ1) is 10.5. The maximum atomic E-state index is 13.4. The molecule has 9 heteroatoms. The number of hydrogen-bond donors (Lipinski definition) is 2. The molecule has 3 rings (SSSR count). The number of aliphatic hydroxyl groups excluding tert-OH is 1. The lowest BCUT2D eigenvalue weighted by Crippen LogP contribution is -2.14. The summed E-state index contributed by atoms with van der Waals surface area (Å²) in [6.45, 7) is 0.107. The van der Waals surface area contributed by atoms with Crippen molar-refractivity contribution >= 4 is 33.0 Å². The summed E-state index contributed by atoms with van der Waals surface area (Å²) in [5.41, 5.74) is 0.112. The van der Waals surface area contributed by atoms with Gasteiger partial charge in [0.1, 0.15) is 5.82 Å². The smallest absolute Gasteiger partial charge is 0.275 e. The Bertz CT molecular complexity index is 882. The van der Waals surface area contributed by atoms with E-state index in [1.54, 1.807) is 6.07 Å². The zero-order valence-electron chi connectivity index (χ0n) is 11.0. The second-order valence-electron chi connectivity index (χ2n) is 4.45. The van der Waals surface area contributed by atoms with Gasteiger partial charge in [0.25, 0.3) is 5.56 Å². The summed E-state index contributed by atoms with van der Waals surface area (Å²) in [5, 5.41) is 17.4. The van der Waals surface area contributed by atoms with E-state index in [0.29, 0.717) is 15.7 Å². The summed E-state index contributed by atoms with van der Waals surface area (Å²) in [7, 11) is 0. The molecule has 0 spiro atoms. The number of rotatable bonds is 4. The number of fused-ring (bicyclic) bond motifs is 1. The maximum Gasteiger partial charge on any atom is 0.275 e. The predicted molar refractivity (Wildman–Crippen MR) is 82.0 cm³/mol. The van der Waals surface area contributed by atoms with E-state index in [0.717, 1.165) is 0 Å². The lowest BCUT2D eigenvalue weighted by Gasteiger charge is -2.11. The van der Waals surface area contributed by atoms with Crippen LogP contribution in [0.2, 0.25) is 5.02 Å². The number of benzene rings is 1.